The van der Waals surface area contributed by atoms with Gasteiger partial charge in [-0.3, -0.25) is 4.79 Å². The molecule has 0 fully saturated rings. The maximum atomic E-state index is 12.7. The molecule has 30 heavy (non-hydrogen) atoms. The lowest BCUT2D eigenvalue weighted by atomic mass is 10.0. The number of benzene rings is 3. The first-order valence-corrected chi connectivity index (χ1v) is 9.42. The van der Waals surface area contributed by atoms with E-state index in [9.17, 15) is 9.59 Å². The van der Waals surface area contributed by atoms with Gasteiger partial charge in [-0.1, -0.05) is 54.6 Å². The number of esters is 1. The lowest BCUT2D eigenvalue weighted by molar-refractivity contribution is -0.123. The molecule has 3 aromatic rings. The Balaban J connectivity index is 1.76. The second-order valence-corrected chi connectivity index (χ2v) is 6.49. The number of anilines is 1. The molecule has 0 aliphatic heterocycles. The molecule has 0 bridgehead atoms. The van der Waals surface area contributed by atoms with Gasteiger partial charge in [0.2, 0.25) is 0 Å². The summed E-state index contributed by atoms with van der Waals surface area (Å²) >= 11 is 0. The summed E-state index contributed by atoms with van der Waals surface area (Å²) in [5, 5.41) is 2.84. The summed E-state index contributed by atoms with van der Waals surface area (Å²) in [6, 6.07) is 22.1. The molecule has 3 aromatic carbocycles. The van der Waals surface area contributed by atoms with E-state index in [0.29, 0.717) is 17.2 Å². The van der Waals surface area contributed by atoms with E-state index < -0.39 is 18.0 Å². The average Bonchev–Trinajstić information content (AvgIpc) is 2.79. The normalized spacial score (nSPS) is 11.3. The fraction of sp³-hybridized carbons (Fsp3) is 0.167. The van der Waals surface area contributed by atoms with Crippen molar-refractivity contribution in [2.24, 2.45) is 0 Å². The smallest absolute Gasteiger partial charge is 0.346 e. The molecule has 0 spiro atoms. The van der Waals surface area contributed by atoms with E-state index in [1.165, 1.54) is 21.1 Å². The number of para-hydroxylation sites is 1. The van der Waals surface area contributed by atoms with E-state index in [1.807, 2.05) is 48.5 Å². The third-order valence-electron chi connectivity index (χ3n) is 4.55. The minimum Gasteiger partial charge on any atom is -0.496 e. The van der Waals surface area contributed by atoms with Crippen molar-refractivity contribution in [3.8, 4) is 22.6 Å². The lowest BCUT2D eigenvalue weighted by Crippen LogP contribution is -2.30. The highest BCUT2D eigenvalue weighted by Gasteiger charge is 2.25. The topological polar surface area (TPSA) is 73.9 Å². The first-order valence-electron chi connectivity index (χ1n) is 9.42. The average molecular weight is 405 g/mol. The van der Waals surface area contributed by atoms with Crippen molar-refractivity contribution in [3.63, 3.8) is 0 Å². The summed E-state index contributed by atoms with van der Waals surface area (Å²) in [5.74, 6) is -0.536. The number of hydrogen-bond acceptors (Lipinski definition) is 5. The molecule has 0 heterocycles. The zero-order valence-electron chi connectivity index (χ0n) is 17.0. The Labute approximate surface area is 175 Å². The molecule has 0 saturated carbocycles. The summed E-state index contributed by atoms with van der Waals surface area (Å²) in [6.07, 6.45) is -1.03. The maximum absolute atomic E-state index is 12.7. The number of carbonyl (C=O) groups is 2. The van der Waals surface area contributed by atoms with Crippen LogP contribution in [0.15, 0.2) is 72.8 Å². The Morgan fingerprint density at radius 2 is 1.40 bits per heavy atom. The van der Waals surface area contributed by atoms with Crippen LogP contribution >= 0.6 is 0 Å². The van der Waals surface area contributed by atoms with Gasteiger partial charge in [0.1, 0.15) is 17.1 Å². The van der Waals surface area contributed by atoms with Crippen LogP contribution in [0, 0.1) is 0 Å². The molecule has 1 N–H and O–H groups in total. The van der Waals surface area contributed by atoms with Crippen LogP contribution in [0.2, 0.25) is 0 Å². The van der Waals surface area contributed by atoms with Crippen molar-refractivity contribution in [1.82, 2.24) is 0 Å². The molecule has 6 nitrogen and oxygen atoms in total. The summed E-state index contributed by atoms with van der Waals surface area (Å²) in [4.78, 5) is 25.4. The van der Waals surface area contributed by atoms with Crippen molar-refractivity contribution in [2.75, 3.05) is 19.5 Å². The Morgan fingerprint density at radius 1 is 0.800 bits per heavy atom. The van der Waals surface area contributed by atoms with Gasteiger partial charge in [-0.25, -0.2) is 4.79 Å². The van der Waals surface area contributed by atoms with Crippen molar-refractivity contribution in [1.29, 1.82) is 0 Å². The predicted octanol–water partition coefficient (Wildman–Crippen LogP) is 4.55. The Morgan fingerprint density at radius 3 is 2.03 bits per heavy atom. The quantitative estimate of drug-likeness (QED) is 0.584. The van der Waals surface area contributed by atoms with E-state index >= 15 is 0 Å². The monoisotopic (exact) mass is 405 g/mol. The molecule has 0 saturated heterocycles. The van der Waals surface area contributed by atoms with Crippen molar-refractivity contribution in [2.45, 2.75) is 13.0 Å². The molecular formula is C24H23NO5. The number of methoxy groups -OCH3 is 2. The highest BCUT2D eigenvalue weighted by molar-refractivity contribution is 6.01. The van der Waals surface area contributed by atoms with E-state index in [4.69, 9.17) is 14.2 Å². The van der Waals surface area contributed by atoms with Gasteiger partial charge in [0.15, 0.2) is 6.10 Å². The van der Waals surface area contributed by atoms with Gasteiger partial charge in [-0.2, -0.15) is 0 Å². The minimum absolute atomic E-state index is 0.131. The molecule has 0 radical (unpaired) electrons. The second kappa shape index (κ2) is 9.60. The summed E-state index contributed by atoms with van der Waals surface area (Å²) in [7, 11) is 2.89. The Bertz CT molecular complexity index is 1010. The fourth-order valence-corrected chi connectivity index (χ4v) is 3.02. The first kappa shape index (κ1) is 20.9. The standard InChI is InChI=1S/C24H23NO5/c1-16(30-24(27)22-20(28-2)14-9-15-21(22)29-3)23(26)25-19-13-8-7-12-18(19)17-10-5-4-6-11-17/h4-16H,1-3H3,(H,25,26)/t16-/m0/s1. The van der Waals surface area contributed by atoms with Crippen molar-refractivity contribution < 1.29 is 23.8 Å². The van der Waals surface area contributed by atoms with Gasteiger partial charge in [-0.15, -0.1) is 0 Å². The van der Waals surface area contributed by atoms with Gasteiger partial charge >= 0.3 is 5.97 Å². The molecule has 3 rings (SSSR count). The minimum atomic E-state index is -1.03. The number of ether oxygens (including phenoxy) is 3. The van der Waals surface area contributed by atoms with Gasteiger partial charge in [0, 0.05) is 11.3 Å². The Hall–Kier alpha value is -3.80. The molecule has 1 amide bonds. The first-order chi connectivity index (χ1) is 14.5. The van der Waals surface area contributed by atoms with E-state index in [2.05, 4.69) is 5.32 Å². The van der Waals surface area contributed by atoms with E-state index in [-0.39, 0.29) is 5.56 Å². The number of rotatable bonds is 7. The van der Waals surface area contributed by atoms with Gasteiger partial charge in [0.25, 0.3) is 5.91 Å². The van der Waals surface area contributed by atoms with Crippen LogP contribution in [-0.4, -0.2) is 32.2 Å². The Kier molecular flexibility index (Phi) is 6.70. The van der Waals surface area contributed by atoms with Crippen LogP contribution in [0.5, 0.6) is 11.5 Å². The molecule has 0 aliphatic rings. The van der Waals surface area contributed by atoms with Crippen LogP contribution in [0.3, 0.4) is 0 Å². The largest absolute Gasteiger partial charge is 0.496 e. The number of hydrogen-bond donors (Lipinski definition) is 1. The third kappa shape index (κ3) is 4.60. The molecule has 0 aromatic heterocycles. The summed E-state index contributed by atoms with van der Waals surface area (Å²) < 4.78 is 15.9. The van der Waals surface area contributed by atoms with Crippen molar-refractivity contribution in [3.05, 3.63) is 78.4 Å². The zero-order chi connectivity index (χ0) is 21.5. The number of nitrogens with one attached hydrogen (secondary N) is 1. The molecule has 154 valence electrons. The lowest BCUT2D eigenvalue weighted by Gasteiger charge is -2.17. The highest BCUT2D eigenvalue weighted by Crippen LogP contribution is 2.30. The molecule has 1 atom stereocenters. The number of carbonyl (C=O) groups excluding carboxylic acids is 2. The predicted molar refractivity (Wildman–Crippen MR) is 115 cm³/mol. The zero-order valence-corrected chi connectivity index (χ0v) is 17.0. The molecule has 0 unspecified atom stereocenters. The molecule has 6 heteroatoms. The highest BCUT2D eigenvalue weighted by atomic mass is 16.6. The van der Waals surface area contributed by atoms with Crippen LogP contribution < -0.4 is 14.8 Å². The summed E-state index contributed by atoms with van der Waals surface area (Å²) in [5.41, 5.74) is 2.60. The molecular weight excluding hydrogens is 382 g/mol. The van der Waals surface area contributed by atoms with Crippen LogP contribution in [0.4, 0.5) is 5.69 Å². The van der Waals surface area contributed by atoms with Crippen LogP contribution in [0.1, 0.15) is 17.3 Å². The third-order valence-corrected chi connectivity index (χ3v) is 4.55. The SMILES string of the molecule is COc1cccc(OC)c1C(=O)O[C@@H](C)C(=O)Nc1ccccc1-c1ccccc1. The summed E-state index contributed by atoms with van der Waals surface area (Å²) in [6.45, 7) is 1.51. The molecule has 0 aliphatic carbocycles. The maximum Gasteiger partial charge on any atom is 0.346 e. The van der Waals surface area contributed by atoms with Gasteiger partial charge < -0.3 is 19.5 Å². The van der Waals surface area contributed by atoms with E-state index in [0.717, 1.165) is 11.1 Å². The number of amides is 1. The van der Waals surface area contributed by atoms with Crippen LogP contribution in [-0.2, 0) is 9.53 Å². The van der Waals surface area contributed by atoms with E-state index in [1.54, 1.807) is 24.3 Å². The van der Waals surface area contributed by atoms with Gasteiger partial charge in [-0.05, 0) is 30.7 Å². The van der Waals surface area contributed by atoms with Crippen molar-refractivity contribution >= 4 is 17.6 Å². The van der Waals surface area contributed by atoms with Crippen LogP contribution in [0.25, 0.3) is 11.1 Å². The van der Waals surface area contributed by atoms with Gasteiger partial charge in [0.05, 0.1) is 14.2 Å². The fourth-order valence-electron chi connectivity index (χ4n) is 3.02. The second-order valence-electron chi connectivity index (χ2n) is 6.49.